The minimum Gasteiger partial charge on any atom is -0.124 e. The fourth-order valence-electron chi connectivity index (χ4n) is 4.43. The van der Waals surface area contributed by atoms with Crippen LogP contribution in [0.2, 0.25) is 0 Å². The molecule has 2 aromatic carbocycles. The van der Waals surface area contributed by atoms with Crippen LogP contribution in [0.4, 0.5) is 0 Å². The first-order chi connectivity index (χ1) is 10.8. The van der Waals surface area contributed by atoms with Crippen LogP contribution in [0, 0.1) is 0 Å². The molecule has 1 aliphatic carbocycles. The summed E-state index contributed by atoms with van der Waals surface area (Å²) in [6.45, 7) is 8.21. The topological polar surface area (TPSA) is 0 Å². The van der Waals surface area contributed by atoms with Crippen molar-refractivity contribution in [3.05, 3.63) is 35.4 Å². The molecule has 2 aliphatic rings. The van der Waals surface area contributed by atoms with Crippen molar-refractivity contribution in [2.45, 2.75) is 51.9 Å². The molecule has 0 spiro atoms. The fourth-order valence-corrected chi connectivity index (χ4v) is 28.6. The molecule has 1 heterocycles. The van der Waals surface area contributed by atoms with E-state index in [1.807, 2.05) is 0 Å². The van der Waals surface area contributed by atoms with Crippen molar-refractivity contribution in [3.8, 4) is 0 Å². The Bertz CT molecular complexity index is 852. The molecular weight excluding hydrogens is 374 g/mol. The third-order valence-corrected chi connectivity index (χ3v) is 25.7. The van der Waals surface area contributed by atoms with E-state index >= 15 is 0 Å². The second kappa shape index (κ2) is 5.49. The molecule has 4 rings (SSSR count). The molecule has 2 aromatic rings. The van der Waals surface area contributed by atoms with Crippen molar-refractivity contribution in [2.24, 2.45) is 0 Å². The zero-order valence-corrected chi connectivity index (χ0v) is 18.4. The van der Waals surface area contributed by atoms with Gasteiger partial charge in [-0.1, -0.05) is 30.0 Å². The lowest BCUT2D eigenvalue weighted by Crippen LogP contribution is -2.30. The normalized spacial score (nSPS) is 24.8. The first kappa shape index (κ1) is 16.9. The lowest BCUT2D eigenvalue weighted by Gasteiger charge is -2.39. The predicted molar refractivity (Wildman–Crippen MR) is 119 cm³/mol. The lowest BCUT2D eigenvalue weighted by molar-refractivity contribution is 1.01. The van der Waals surface area contributed by atoms with Gasteiger partial charge in [0.15, 0.2) is 0 Å². The summed E-state index contributed by atoms with van der Waals surface area (Å²) in [5, 5.41) is 6.05. The maximum Gasteiger partial charge on any atom is 0.123 e. The molecule has 0 saturated heterocycles. The van der Waals surface area contributed by atoms with Gasteiger partial charge in [0.05, 0.1) is 22.3 Å². The van der Waals surface area contributed by atoms with Crippen LogP contribution >= 0.6 is 34.2 Å². The van der Waals surface area contributed by atoms with Gasteiger partial charge < -0.3 is 0 Å². The fraction of sp³-hybridized carbons (Fsp3) is 0.444. The number of thiol groups is 1. The maximum atomic E-state index is 6.14. The van der Waals surface area contributed by atoms with Gasteiger partial charge in [-0.15, -0.1) is 12.2 Å². The molecular formula is C18H23P2S3+. The Labute approximate surface area is 154 Å². The summed E-state index contributed by atoms with van der Waals surface area (Å²) in [4.78, 5) is 0. The van der Waals surface area contributed by atoms with Crippen LogP contribution in [0.25, 0.3) is 10.8 Å². The van der Waals surface area contributed by atoms with E-state index in [1.54, 1.807) is 5.30 Å². The molecule has 0 amide bonds. The summed E-state index contributed by atoms with van der Waals surface area (Å²) in [5.74, 6) is 0. The van der Waals surface area contributed by atoms with E-state index in [4.69, 9.17) is 24.1 Å². The van der Waals surface area contributed by atoms with Crippen LogP contribution < -0.4 is 10.6 Å². The molecule has 0 fully saturated rings. The number of hydrogen-bond donors (Lipinski definition) is 1. The summed E-state index contributed by atoms with van der Waals surface area (Å²) in [6, 6.07) is 9.50. The van der Waals surface area contributed by atoms with E-state index in [0.717, 1.165) is 0 Å². The van der Waals surface area contributed by atoms with Gasteiger partial charge in [0, 0.05) is 10.7 Å². The van der Waals surface area contributed by atoms with Crippen LogP contribution in [0.3, 0.4) is 0 Å². The molecule has 0 bridgehead atoms. The highest BCUT2D eigenvalue weighted by molar-refractivity contribution is 9.13. The molecule has 0 aromatic heterocycles. The van der Waals surface area contributed by atoms with Crippen LogP contribution in [-0.2, 0) is 24.6 Å². The Hall–Kier alpha value is 0.480. The summed E-state index contributed by atoms with van der Waals surface area (Å²) in [6.07, 6.45) is 2.37. The van der Waals surface area contributed by atoms with Crippen LogP contribution in [0.1, 0.15) is 38.8 Å². The second-order valence-corrected chi connectivity index (χ2v) is 24.1. The van der Waals surface area contributed by atoms with Crippen molar-refractivity contribution in [1.29, 1.82) is 0 Å². The monoisotopic (exact) mass is 397 g/mol. The van der Waals surface area contributed by atoms with Gasteiger partial charge in [0.2, 0.25) is 0 Å². The standard InChI is InChI=1S/C18H22P2S3/c1-11(2)19(12(3)4)15-9-7-13-5-6-14-8-10-16(18(15)17(13)14)20(21,22)23-19/h7-12H,5-6H2,1-4H3/p+1. The van der Waals surface area contributed by atoms with E-state index in [1.165, 1.54) is 40.0 Å². The summed E-state index contributed by atoms with van der Waals surface area (Å²) < 4.78 is -1.84. The van der Waals surface area contributed by atoms with E-state index in [-0.39, 0.29) is 0 Å². The van der Waals surface area contributed by atoms with Gasteiger partial charge in [-0.25, -0.2) is 0 Å². The molecule has 122 valence electrons. The Morgan fingerprint density at radius 2 is 1.57 bits per heavy atom. The van der Waals surface area contributed by atoms with Gasteiger partial charge >= 0.3 is 0 Å². The Kier molecular flexibility index (Phi) is 4.04. The first-order valence-electron chi connectivity index (χ1n) is 8.30. The zero-order chi connectivity index (χ0) is 16.6. The average molecular weight is 398 g/mol. The Morgan fingerprint density at radius 3 is 2.13 bits per heavy atom. The van der Waals surface area contributed by atoms with Crippen molar-refractivity contribution < 1.29 is 0 Å². The SMILES string of the molecule is CC(C)[P+]1(C(C)C)SP(=S)(S)c2ccc3c4c(ccc1c24)CC3. The summed E-state index contributed by atoms with van der Waals surface area (Å²) in [5.41, 5.74) is 4.35. The number of rotatable bonds is 2. The number of hydrogen-bond acceptors (Lipinski definition) is 2. The molecule has 5 heteroatoms. The third-order valence-electron chi connectivity index (χ3n) is 5.41. The van der Waals surface area contributed by atoms with E-state index in [2.05, 4.69) is 63.0 Å². The average Bonchev–Trinajstić information content (AvgIpc) is 2.90. The van der Waals surface area contributed by atoms with Gasteiger partial charge in [-0.3, -0.25) is 0 Å². The van der Waals surface area contributed by atoms with Crippen LogP contribution in [0.5, 0.6) is 0 Å². The molecule has 0 nitrogen and oxygen atoms in total. The number of aryl methyl sites for hydroxylation is 2. The molecule has 0 radical (unpaired) electrons. The molecule has 1 atom stereocenters. The van der Waals surface area contributed by atoms with Gasteiger partial charge in [0.1, 0.15) is 16.2 Å². The lowest BCUT2D eigenvalue weighted by atomic mass is 10.1. The van der Waals surface area contributed by atoms with Crippen molar-refractivity contribution in [1.82, 2.24) is 0 Å². The van der Waals surface area contributed by atoms with Crippen molar-refractivity contribution in [3.63, 3.8) is 0 Å². The van der Waals surface area contributed by atoms with Crippen LogP contribution in [-0.4, -0.2) is 11.3 Å². The van der Waals surface area contributed by atoms with Gasteiger partial charge in [0.25, 0.3) is 0 Å². The summed E-state index contributed by atoms with van der Waals surface area (Å²) >= 11 is 13.3. The highest BCUT2D eigenvalue weighted by Crippen LogP contribution is 2.90. The summed E-state index contributed by atoms with van der Waals surface area (Å²) in [7, 11) is 0. The van der Waals surface area contributed by atoms with Gasteiger partial charge in [-0.05, 0) is 63.1 Å². The first-order valence-corrected chi connectivity index (χ1v) is 16.2. The minimum absolute atomic E-state index is 0.647. The van der Waals surface area contributed by atoms with E-state index in [9.17, 15) is 0 Å². The van der Waals surface area contributed by atoms with Crippen molar-refractivity contribution >= 4 is 67.3 Å². The Morgan fingerprint density at radius 1 is 1.00 bits per heavy atom. The molecule has 0 saturated carbocycles. The highest BCUT2D eigenvalue weighted by atomic mass is 33.4. The molecule has 23 heavy (non-hydrogen) atoms. The minimum atomic E-state index is -1.84. The molecule has 1 unspecified atom stereocenters. The molecule has 0 N–H and O–H groups in total. The van der Waals surface area contributed by atoms with Crippen LogP contribution in [0.15, 0.2) is 24.3 Å². The maximum absolute atomic E-state index is 6.14. The predicted octanol–water partition coefficient (Wildman–Crippen LogP) is 5.92. The zero-order valence-electron chi connectivity index (χ0n) is 14.0. The molecule has 1 aliphatic heterocycles. The largest absolute Gasteiger partial charge is 0.124 e. The van der Waals surface area contributed by atoms with E-state index < -0.39 is 10.9 Å². The highest BCUT2D eigenvalue weighted by Gasteiger charge is 2.56. The van der Waals surface area contributed by atoms with Crippen molar-refractivity contribution in [2.75, 3.05) is 0 Å². The number of benzene rings is 2. The Balaban J connectivity index is 2.22. The quantitative estimate of drug-likeness (QED) is 0.493. The smallest absolute Gasteiger partial charge is 0.123 e. The van der Waals surface area contributed by atoms with Gasteiger partial charge in [-0.2, -0.15) is 0 Å². The third kappa shape index (κ3) is 2.20. The van der Waals surface area contributed by atoms with E-state index in [0.29, 0.717) is 11.3 Å². The second-order valence-electron chi connectivity index (χ2n) is 7.24.